The second kappa shape index (κ2) is 11.9. The van der Waals surface area contributed by atoms with Gasteiger partial charge in [0.05, 0.1) is 21.2 Å². The molecule has 0 saturated heterocycles. The third-order valence-electron chi connectivity index (χ3n) is 5.94. The molecule has 4 aromatic carbocycles. The molecule has 0 aliphatic heterocycles. The number of rotatable bonds is 9. The Bertz CT molecular complexity index is 1480. The fourth-order valence-corrected chi connectivity index (χ4v) is 5.63. The van der Waals surface area contributed by atoms with Crippen molar-refractivity contribution < 1.29 is 26.4 Å². The summed E-state index contributed by atoms with van der Waals surface area (Å²) in [6.45, 7) is -0.389. The molecule has 10 heteroatoms. The summed E-state index contributed by atoms with van der Waals surface area (Å²) in [6.07, 6.45) is -4.83. The number of amides is 1. The lowest BCUT2D eigenvalue weighted by molar-refractivity contribution is -0.137. The quantitative estimate of drug-likeness (QED) is 0.222. The van der Waals surface area contributed by atoms with Gasteiger partial charge in [-0.1, -0.05) is 90.5 Å². The molecule has 0 aromatic heterocycles. The van der Waals surface area contributed by atoms with Gasteiger partial charge in [0.15, 0.2) is 0 Å². The first-order valence-corrected chi connectivity index (χ1v) is 13.7. The van der Waals surface area contributed by atoms with Crippen LogP contribution in [0, 0.1) is 0 Å². The number of alkyl halides is 3. The molecule has 1 amide bonds. The van der Waals surface area contributed by atoms with Crippen LogP contribution in [0.25, 0.3) is 0 Å². The fourth-order valence-electron chi connectivity index (χ4n) is 3.98. The summed E-state index contributed by atoms with van der Waals surface area (Å²) < 4.78 is 69.1. The van der Waals surface area contributed by atoms with Crippen LogP contribution in [0.1, 0.15) is 16.7 Å². The molecule has 0 heterocycles. The number of sulfonamides is 1. The molecule has 0 radical (unpaired) electrons. The van der Waals surface area contributed by atoms with E-state index in [4.69, 9.17) is 11.6 Å². The first-order valence-electron chi connectivity index (χ1n) is 11.9. The fraction of sp³-hybridized carbons (Fsp3) is 0.138. The first kappa shape index (κ1) is 28.2. The van der Waals surface area contributed by atoms with E-state index in [9.17, 15) is 26.4 Å². The van der Waals surface area contributed by atoms with Gasteiger partial charge in [0.2, 0.25) is 5.91 Å². The molecule has 4 aromatic rings. The number of carbonyl (C=O) groups excluding carboxylic acids is 1. The van der Waals surface area contributed by atoms with Crippen LogP contribution in [0.5, 0.6) is 0 Å². The lowest BCUT2D eigenvalue weighted by Crippen LogP contribution is -2.42. The van der Waals surface area contributed by atoms with E-state index in [2.05, 4.69) is 0 Å². The summed E-state index contributed by atoms with van der Waals surface area (Å²) in [7, 11) is -4.43. The highest BCUT2D eigenvalue weighted by Crippen LogP contribution is 2.38. The van der Waals surface area contributed by atoms with Crippen molar-refractivity contribution in [1.29, 1.82) is 0 Å². The molecule has 0 bridgehead atoms. The van der Waals surface area contributed by atoms with Crippen molar-refractivity contribution in [2.24, 2.45) is 0 Å². The molecule has 4 rings (SSSR count). The van der Waals surface area contributed by atoms with Gasteiger partial charge in [-0.2, -0.15) is 13.2 Å². The zero-order chi connectivity index (χ0) is 28.0. The number of halogens is 4. The van der Waals surface area contributed by atoms with E-state index >= 15 is 0 Å². The van der Waals surface area contributed by atoms with Crippen molar-refractivity contribution in [3.05, 3.63) is 131 Å². The molecule has 0 N–H and O–H groups in total. The number of hydrogen-bond donors (Lipinski definition) is 0. The molecule has 0 atom stereocenters. The smallest absolute Gasteiger partial charge is 0.332 e. The van der Waals surface area contributed by atoms with Gasteiger partial charge in [-0.25, -0.2) is 8.42 Å². The van der Waals surface area contributed by atoms with E-state index < -0.39 is 39.2 Å². The predicted molar refractivity (Wildman–Crippen MR) is 145 cm³/mol. The largest absolute Gasteiger partial charge is 0.417 e. The van der Waals surface area contributed by atoms with Crippen LogP contribution in [0.15, 0.2) is 114 Å². The van der Waals surface area contributed by atoms with Crippen molar-refractivity contribution in [2.45, 2.75) is 24.2 Å². The molecule has 0 aliphatic carbocycles. The van der Waals surface area contributed by atoms with Crippen molar-refractivity contribution in [3.8, 4) is 0 Å². The number of hydrogen-bond acceptors (Lipinski definition) is 3. The summed E-state index contributed by atoms with van der Waals surface area (Å²) in [4.78, 5) is 15.0. The minimum Gasteiger partial charge on any atom is -0.332 e. The average Bonchev–Trinajstić information content (AvgIpc) is 2.92. The molecule has 0 unspecified atom stereocenters. The van der Waals surface area contributed by atoms with Crippen LogP contribution < -0.4 is 4.31 Å². The Labute approximate surface area is 230 Å². The van der Waals surface area contributed by atoms with Crippen molar-refractivity contribution in [2.75, 3.05) is 10.8 Å². The van der Waals surface area contributed by atoms with E-state index in [0.717, 1.165) is 23.3 Å². The van der Waals surface area contributed by atoms with Gasteiger partial charge < -0.3 is 4.90 Å². The summed E-state index contributed by atoms with van der Waals surface area (Å²) in [5.74, 6) is -0.592. The minimum atomic E-state index is -4.83. The van der Waals surface area contributed by atoms with Crippen LogP contribution in [-0.2, 0) is 34.1 Å². The minimum absolute atomic E-state index is 0.168. The highest BCUT2D eigenvalue weighted by molar-refractivity contribution is 7.92. The molecule has 0 spiro atoms. The van der Waals surface area contributed by atoms with Gasteiger partial charge in [-0.15, -0.1) is 0 Å². The van der Waals surface area contributed by atoms with Gasteiger partial charge in [-0.05, 0) is 41.5 Å². The van der Waals surface area contributed by atoms with Crippen LogP contribution in [0.4, 0.5) is 18.9 Å². The van der Waals surface area contributed by atoms with E-state index in [1.54, 1.807) is 6.07 Å². The zero-order valence-corrected chi connectivity index (χ0v) is 22.1. The second-order valence-electron chi connectivity index (χ2n) is 8.71. The predicted octanol–water partition coefficient (Wildman–Crippen LogP) is 6.78. The molecule has 39 heavy (non-hydrogen) atoms. The highest BCUT2D eigenvalue weighted by Gasteiger charge is 2.36. The molecule has 0 aliphatic rings. The standard InChI is InChI=1S/C29H24ClF3N2O3S/c30-27-17-16-24(18-26(27)29(31,32)33)35(39(37,38)25-14-8-3-9-15-25)21-28(36)34(19-22-10-4-1-5-11-22)20-23-12-6-2-7-13-23/h1-18H,19-21H2. The summed E-state index contributed by atoms with van der Waals surface area (Å²) in [5.41, 5.74) is 0.0892. The SMILES string of the molecule is O=C(CN(c1ccc(Cl)c(C(F)(F)F)c1)S(=O)(=O)c1ccccc1)N(Cc1ccccc1)Cc1ccccc1. The Morgan fingerprint density at radius 2 is 1.23 bits per heavy atom. The van der Waals surface area contributed by atoms with E-state index in [1.807, 2.05) is 60.7 Å². The lowest BCUT2D eigenvalue weighted by Gasteiger charge is -2.29. The summed E-state index contributed by atoms with van der Waals surface area (Å²) in [6, 6.07) is 28.3. The normalized spacial score (nSPS) is 11.7. The van der Waals surface area contributed by atoms with Crippen LogP contribution >= 0.6 is 11.6 Å². The van der Waals surface area contributed by atoms with Crippen LogP contribution in [0.2, 0.25) is 5.02 Å². The molecule has 5 nitrogen and oxygen atoms in total. The van der Waals surface area contributed by atoms with Crippen molar-refractivity contribution in [1.82, 2.24) is 4.90 Å². The Morgan fingerprint density at radius 1 is 0.744 bits per heavy atom. The maximum Gasteiger partial charge on any atom is 0.417 e. The summed E-state index contributed by atoms with van der Waals surface area (Å²) in [5, 5.41) is -0.579. The molecular weight excluding hydrogens is 549 g/mol. The average molecular weight is 573 g/mol. The Hall–Kier alpha value is -3.82. The topological polar surface area (TPSA) is 57.7 Å². The molecule has 0 fully saturated rings. The van der Waals surface area contributed by atoms with Gasteiger partial charge >= 0.3 is 6.18 Å². The van der Waals surface area contributed by atoms with E-state index in [-0.39, 0.29) is 23.7 Å². The Morgan fingerprint density at radius 3 is 1.72 bits per heavy atom. The van der Waals surface area contributed by atoms with Gasteiger partial charge in [0.25, 0.3) is 10.0 Å². The van der Waals surface area contributed by atoms with Crippen molar-refractivity contribution in [3.63, 3.8) is 0 Å². The molecular formula is C29H24ClF3N2O3S. The Balaban J connectivity index is 1.76. The first-order chi connectivity index (χ1) is 18.6. The van der Waals surface area contributed by atoms with E-state index in [0.29, 0.717) is 10.4 Å². The lowest BCUT2D eigenvalue weighted by atomic mass is 10.1. The van der Waals surface area contributed by atoms with E-state index in [1.165, 1.54) is 29.2 Å². The molecule has 0 saturated carbocycles. The third kappa shape index (κ3) is 6.99. The van der Waals surface area contributed by atoms with Crippen LogP contribution in [0.3, 0.4) is 0 Å². The van der Waals surface area contributed by atoms with Crippen molar-refractivity contribution >= 4 is 33.2 Å². The summed E-state index contributed by atoms with van der Waals surface area (Å²) >= 11 is 5.79. The second-order valence-corrected chi connectivity index (χ2v) is 11.0. The van der Waals surface area contributed by atoms with Gasteiger partial charge in [0, 0.05) is 13.1 Å². The van der Waals surface area contributed by atoms with Crippen LogP contribution in [-0.4, -0.2) is 25.8 Å². The number of benzene rings is 4. The number of nitrogens with zero attached hydrogens (tertiary/aromatic N) is 2. The molecule has 202 valence electrons. The monoisotopic (exact) mass is 572 g/mol. The third-order valence-corrected chi connectivity index (χ3v) is 8.06. The van der Waals surface area contributed by atoms with Gasteiger partial charge in [0.1, 0.15) is 6.54 Å². The zero-order valence-electron chi connectivity index (χ0n) is 20.6. The highest BCUT2D eigenvalue weighted by atomic mass is 35.5. The number of carbonyl (C=O) groups is 1. The Kier molecular flexibility index (Phi) is 8.62. The number of anilines is 1. The maximum absolute atomic E-state index is 13.7. The van der Waals surface area contributed by atoms with Gasteiger partial charge in [-0.3, -0.25) is 9.10 Å². The maximum atomic E-state index is 13.7.